The summed E-state index contributed by atoms with van der Waals surface area (Å²) in [5, 5.41) is 22.7. The maximum absolute atomic E-state index is 13.1. The van der Waals surface area contributed by atoms with Gasteiger partial charge < -0.3 is 15.7 Å². The molecule has 0 saturated carbocycles. The maximum Gasteiger partial charge on any atom is 0.321 e. The first-order chi connectivity index (χ1) is 11.4. The lowest BCUT2D eigenvalue weighted by Crippen LogP contribution is -2.68. The van der Waals surface area contributed by atoms with Gasteiger partial charge in [-0.15, -0.1) is 0 Å². The first-order valence-electron chi connectivity index (χ1n) is 7.75. The highest BCUT2D eigenvalue weighted by molar-refractivity contribution is 5.89. The zero-order chi connectivity index (χ0) is 17.6. The molecule has 1 heterocycles. The molecule has 1 saturated heterocycles. The van der Waals surface area contributed by atoms with E-state index < -0.39 is 37.6 Å². The SMILES string of the molecule is CC1CC(NCC(F)(F)CO)NC(NC(=O)Nc2ccccc2)N1. The number of aliphatic hydroxyl groups is 1. The lowest BCUT2D eigenvalue weighted by atomic mass is 10.1. The molecule has 1 aliphatic heterocycles. The summed E-state index contributed by atoms with van der Waals surface area (Å²) in [5.74, 6) is -3.18. The van der Waals surface area contributed by atoms with Gasteiger partial charge in [0.25, 0.3) is 5.92 Å². The van der Waals surface area contributed by atoms with E-state index in [9.17, 15) is 13.6 Å². The van der Waals surface area contributed by atoms with Crippen LogP contribution in [0.5, 0.6) is 0 Å². The van der Waals surface area contributed by atoms with E-state index in [1.54, 1.807) is 24.3 Å². The van der Waals surface area contributed by atoms with Gasteiger partial charge in [0, 0.05) is 11.7 Å². The molecule has 9 heteroatoms. The van der Waals surface area contributed by atoms with Crippen LogP contribution in [-0.2, 0) is 0 Å². The highest BCUT2D eigenvalue weighted by Gasteiger charge is 2.31. The Morgan fingerprint density at radius 1 is 1.33 bits per heavy atom. The van der Waals surface area contributed by atoms with Crippen molar-refractivity contribution in [3.05, 3.63) is 30.3 Å². The van der Waals surface area contributed by atoms with E-state index in [0.717, 1.165) is 0 Å². The van der Waals surface area contributed by atoms with Gasteiger partial charge in [-0.3, -0.25) is 16.0 Å². The largest absolute Gasteiger partial charge is 0.390 e. The first kappa shape index (κ1) is 18.5. The topological polar surface area (TPSA) is 97.5 Å². The molecule has 0 aromatic heterocycles. The zero-order valence-electron chi connectivity index (χ0n) is 13.4. The van der Waals surface area contributed by atoms with Gasteiger partial charge >= 0.3 is 6.03 Å². The van der Waals surface area contributed by atoms with E-state index in [1.807, 2.05) is 13.0 Å². The van der Waals surface area contributed by atoms with Crippen LogP contribution < -0.4 is 26.6 Å². The molecule has 7 nitrogen and oxygen atoms in total. The van der Waals surface area contributed by atoms with Gasteiger partial charge in [-0.05, 0) is 25.5 Å². The van der Waals surface area contributed by atoms with E-state index >= 15 is 0 Å². The second kappa shape index (κ2) is 8.34. The molecule has 1 fully saturated rings. The molecule has 0 radical (unpaired) electrons. The minimum Gasteiger partial charge on any atom is -0.390 e. The van der Waals surface area contributed by atoms with Crippen molar-refractivity contribution in [3.8, 4) is 0 Å². The van der Waals surface area contributed by atoms with Gasteiger partial charge in [0.15, 0.2) is 0 Å². The Kier molecular flexibility index (Phi) is 6.44. The number of benzene rings is 1. The number of hydrogen-bond acceptors (Lipinski definition) is 5. The van der Waals surface area contributed by atoms with Crippen molar-refractivity contribution in [2.75, 3.05) is 18.5 Å². The van der Waals surface area contributed by atoms with Crippen LogP contribution in [-0.4, -0.2) is 48.7 Å². The van der Waals surface area contributed by atoms with Crippen LogP contribution in [0.15, 0.2) is 30.3 Å². The van der Waals surface area contributed by atoms with E-state index in [1.165, 1.54) is 0 Å². The summed E-state index contributed by atoms with van der Waals surface area (Å²) < 4.78 is 26.2. The third kappa shape index (κ3) is 6.00. The lowest BCUT2D eigenvalue weighted by Gasteiger charge is -2.37. The summed E-state index contributed by atoms with van der Waals surface area (Å²) in [6.45, 7) is 0.0436. The van der Waals surface area contributed by atoms with E-state index in [2.05, 4.69) is 26.6 Å². The van der Waals surface area contributed by atoms with Gasteiger partial charge in [-0.2, -0.15) is 0 Å². The van der Waals surface area contributed by atoms with Crippen molar-refractivity contribution in [2.24, 2.45) is 0 Å². The normalized spacial score (nSPS) is 24.4. The number of amides is 2. The van der Waals surface area contributed by atoms with Crippen molar-refractivity contribution in [2.45, 2.75) is 37.8 Å². The average Bonchev–Trinajstić information content (AvgIpc) is 2.53. The Hall–Kier alpha value is -1.81. The number of alkyl halides is 2. The smallest absolute Gasteiger partial charge is 0.321 e. The highest BCUT2D eigenvalue weighted by atomic mass is 19.3. The van der Waals surface area contributed by atoms with E-state index in [4.69, 9.17) is 5.11 Å². The predicted molar refractivity (Wildman–Crippen MR) is 86.6 cm³/mol. The van der Waals surface area contributed by atoms with Crippen molar-refractivity contribution in [1.29, 1.82) is 0 Å². The zero-order valence-corrected chi connectivity index (χ0v) is 13.4. The second-order valence-electron chi connectivity index (χ2n) is 5.82. The molecule has 134 valence electrons. The molecule has 2 amide bonds. The molecule has 1 aromatic rings. The molecule has 3 unspecified atom stereocenters. The molecule has 0 spiro atoms. The molecule has 0 aliphatic carbocycles. The fraction of sp³-hybridized carbons (Fsp3) is 0.533. The van der Waals surface area contributed by atoms with Gasteiger partial charge in [0.2, 0.25) is 0 Å². The molecule has 0 bridgehead atoms. The van der Waals surface area contributed by atoms with Crippen molar-refractivity contribution in [1.82, 2.24) is 21.3 Å². The van der Waals surface area contributed by atoms with Crippen LogP contribution in [0, 0.1) is 0 Å². The van der Waals surface area contributed by atoms with E-state index in [-0.39, 0.29) is 6.04 Å². The Balaban J connectivity index is 1.83. The molecular weight excluding hydrogens is 320 g/mol. The Labute approximate surface area is 139 Å². The predicted octanol–water partition coefficient (Wildman–Crippen LogP) is 0.606. The van der Waals surface area contributed by atoms with Crippen LogP contribution in [0.3, 0.4) is 0 Å². The molecular formula is C15H23F2N5O2. The summed E-state index contributed by atoms with van der Waals surface area (Å²) in [6, 6.07) is 8.55. The van der Waals surface area contributed by atoms with Crippen LogP contribution in [0.25, 0.3) is 0 Å². The van der Waals surface area contributed by atoms with Gasteiger partial charge in [-0.25, -0.2) is 13.6 Å². The van der Waals surface area contributed by atoms with E-state index in [0.29, 0.717) is 12.1 Å². The van der Waals surface area contributed by atoms with Gasteiger partial charge in [-0.1, -0.05) is 18.2 Å². The van der Waals surface area contributed by atoms with Crippen molar-refractivity contribution < 1.29 is 18.7 Å². The summed E-state index contributed by atoms with van der Waals surface area (Å²) >= 11 is 0. The van der Waals surface area contributed by atoms with Gasteiger partial charge in [0.05, 0.1) is 12.7 Å². The first-order valence-corrected chi connectivity index (χ1v) is 7.75. The molecule has 2 rings (SSSR count). The monoisotopic (exact) mass is 343 g/mol. The standard InChI is InChI=1S/C15H23F2N5O2/c1-10-7-12(18-8-15(16,17)9-23)21-13(19-10)22-14(24)20-11-5-3-2-4-6-11/h2-6,10,12-13,18-19,21,23H,7-9H2,1H3,(H2,20,22,24). The van der Waals surface area contributed by atoms with Gasteiger partial charge in [0.1, 0.15) is 12.9 Å². The third-order valence-electron chi connectivity index (χ3n) is 3.55. The number of aliphatic hydroxyl groups excluding tert-OH is 1. The number of carbonyl (C=O) groups excluding carboxylic acids is 1. The minimum atomic E-state index is -3.18. The molecule has 6 N–H and O–H groups in total. The summed E-state index contributed by atoms with van der Waals surface area (Å²) in [5.41, 5.74) is 0.649. The number of rotatable bonds is 6. The average molecular weight is 343 g/mol. The Bertz CT molecular complexity index is 532. The summed E-state index contributed by atoms with van der Waals surface area (Å²) in [4.78, 5) is 12.0. The fourth-order valence-electron chi connectivity index (χ4n) is 2.40. The molecule has 3 atom stereocenters. The number of anilines is 1. The summed E-state index contributed by atoms with van der Waals surface area (Å²) in [7, 11) is 0. The Morgan fingerprint density at radius 3 is 2.71 bits per heavy atom. The number of urea groups is 1. The van der Waals surface area contributed by atoms with Crippen LogP contribution in [0.4, 0.5) is 19.3 Å². The number of carbonyl (C=O) groups is 1. The van der Waals surface area contributed by atoms with Crippen molar-refractivity contribution in [3.63, 3.8) is 0 Å². The quantitative estimate of drug-likeness (QED) is 0.455. The third-order valence-corrected chi connectivity index (χ3v) is 3.55. The lowest BCUT2D eigenvalue weighted by molar-refractivity contribution is -0.0514. The molecule has 1 aliphatic rings. The highest BCUT2D eigenvalue weighted by Crippen LogP contribution is 2.11. The number of halogens is 2. The second-order valence-corrected chi connectivity index (χ2v) is 5.82. The summed E-state index contributed by atoms with van der Waals surface area (Å²) in [6.07, 6.45) is -0.432. The van der Waals surface area contributed by atoms with Crippen LogP contribution in [0.2, 0.25) is 0 Å². The number of nitrogens with one attached hydrogen (secondary N) is 5. The molecule has 1 aromatic carbocycles. The number of hydrogen-bond donors (Lipinski definition) is 6. The number of para-hydroxylation sites is 1. The minimum absolute atomic E-state index is 0.00789. The maximum atomic E-state index is 13.1. The van der Waals surface area contributed by atoms with Crippen LogP contribution >= 0.6 is 0 Å². The van der Waals surface area contributed by atoms with Crippen molar-refractivity contribution >= 4 is 11.7 Å². The Morgan fingerprint density at radius 2 is 2.04 bits per heavy atom. The fourth-order valence-corrected chi connectivity index (χ4v) is 2.40. The van der Waals surface area contributed by atoms with Crippen LogP contribution in [0.1, 0.15) is 13.3 Å². The molecule has 24 heavy (non-hydrogen) atoms.